The summed E-state index contributed by atoms with van der Waals surface area (Å²) in [7, 11) is -7.98. The molecule has 2 aromatic heterocycles. The molecular weight excluding hydrogens is 386 g/mol. The molecule has 0 saturated heterocycles. The zero-order chi connectivity index (χ0) is 18.4. The molecule has 0 aliphatic rings. The second-order valence-corrected chi connectivity index (χ2v) is 10.5. The summed E-state index contributed by atoms with van der Waals surface area (Å²) in [6, 6.07) is 7.45. The molecule has 7 nitrogen and oxygen atoms in total. The number of fused-ring (bicyclic) bond motifs is 1. The van der Waals surface area contributed by atoms with Crippen LogP contribution in [0.5, 0.6) is 0 Å². The van der Waals surface area contributed by atoms with E-state index in [0.717, 1.165) is 17.6 Å². The fourth-order valence-corrected chi connectivity index (χ4v) is 7.42. The second kappa shape index (κ2) is 5.97. The number of carbonyl (C=O) groups is 1. The van der Waals surface area contributed by atoms with Crippen molar-refractivity contribution in [2.75, 3.05) is 6.26 Å². The molecule has 0 aliphatic heterocycles. The van der Waals surface area contributed by atoms with Gasteiger partial charge in [-0.15, -0.1) is 11.3 Å². The number of thiophene rings is 1. The van der Waals surface area contributed by atoms with Crippen molar-refractivity contribution in [2.24, 2.45) is 0 Å². The maximum Gasteiger partial charge on any atom is 0.307 e. The molecule has 0 saturated carbocycles. The Morgan fingerprint density at radius 1 is 1.16 bits per heavy atom. The Hall–Kier alpha value is -2.17. The first-order chi connectivity index (χ1) is 11.6. The molecule has 2 heterocycles. The average Bonchev–Trinajstić information content (AvgIpc) is 3.07. The molecule has 132 valence electrons. The monoisotopic (exact) mass is 399 g/mol. The Kier molecular flexibility index (Phi) is 4.21. The molecule has 0 amide bonds. The lowest BCUT2D eigenvalue weighted by atomic mass is 10.2. The van der Waals surface area contributed by atoms with E-state index in [2.05, 4.69) is 4.98 Å². The van der Waals surface area contributed by atoms with E-state index in [9.17, 15) is 21.6 Å². The van der Waals surface area contributed by atoms with Crippen molar-refractivity contribution in [3.63, 3.8) is 0 Å². The van der Waals surface area contributed by atoms with E-state index in [1.54, 1.807) is 6.07 Å². The smallest absolute Gasteiger partial charge is 0.307 e. The molecule has 1 aromatic carbocycles. The molecule has 2 N–H and O–H groups in total. The van der Waals surface area contributed by atoms with Crippen LogP contribution in [0.15, 0.2) is 50.5 Å². The van der Waals surface area contributed by atoms with Gasteiger partial charge in [-0.05, 0) is 17.7 Å². The van der Waals surface area contributed by atoms with Gasteiger partial charge in [-0.3, -0.25) is 4.79 Å². The highest BCUT2D eigenvalue weighted by Gasteiger charge is 2.33. The highest BCUT2D eigenvalue weighted by Crippen LogP contribution is 2.41. The minimum Gasteiger partial charge on any atom is -0.481 e. The predicted molar refractivity (Wildman–Crippen MR) is 92.5 cm³/mol. The van der Waals surface area contributed by atoms with Gasteiger partial charge in [0.15, 0.2) is 9.84 Å². The van der Waals surface area contributed by atoms with E-state index in [1.165, 1.54) is 30.5 Å². The van der Waals surface area contributed by atoms with Gasteiger partial charge in [-0.1, -0.05) is 18.2 Å². The van der Waals surface area contributed by atoms with Crippen LogP contribution in [0.4, 0.5) is 0 Å². The predicted octanol–water partition coefficient (Wildman–Crippen LogP) is 2.09. The van der Waals surface area contributed by atoms with Crippen molar-refractivity contribution in [1.82, 2.24) is 4.98 Å². The van der Waals surface area contributed by atoms with Gasteiger partial charge in [0.1, 0.15) is 13.9 Å². The maximum atomic E-state index is 13.1. The Labute approximate surface area is 147 Å². The van der Waals surface area contributed by atoms with Crippen molar-refractivity contribution in [2.45, 2.75) is 20.4 Å². The number of H-pyrrole nitrogens is 1. The minimum absolute atomic E-state index is 0.0536. The van der Waals surface area contributed by atoms with Crippen molar-refractivity contribution >= 4 is 47.2 Å². The number of nitrogens with one attached hydrogen (secondary N) is 1. The number of sulfone groups is 2. The number of rotatable bonds is 5. The van der Waals surface area contributed by atoms with Gasteiger partial charge in [0, 0.05) is 17.8 Å². The maximum absolute atomic E-state index is 13.1. The first-order valence-electron chi connectivity index (χ1n) is 6.97. The van der Waals surface area contributed by atoms with E-state index in [1.807, 2.05) is 0 Å². The third-order valence-electron chi connectivity index (χ3n) is 3.53. The van der Waals surface area contributed by atoms with Crippen LogP contribution < -0.4 is 0 Å². The minimum atomic E-state index is -4.15. The molecule has 0 fully saturated rings. The van der Waals surface area contributed by atoms with Gasteiger partial charge in [0.05, 0.1) is 11.3 Å². The van der Waals surface area contributed by atoms with Gasteiger partial charge >= 0.3 is 5.97 Å². The molecule has 0 unspecified atom stereocenters. The lowest BCUT2D eigenvalue weighted by molar-refractivity contribution is -0.136. The van der Waals surface area contributed by atoms with Crippen LogP contribution in [0.25, 0.3) is 10.2 Å². The van der Waals surface area contributed by atoms with Crippen LogP contribution in [0.2, 0.25) is 0 Å². The number of carboxylic acids is 1. The van der Waals surface area contributed by atoms with Crippen LogP contribution in [-0.4, -0.2) is 39.2 Å². The van der Waals surface area contributed by atoms with Gasteiger partial charge in [-0.25, -0.2) is 16.8 Å². The Bertz CT molecular complexity index is 1170. The summed E-state index contributed by atoms with van der Waals surface area (Å²) in [6.07, 6.45) is 1.90. The van der Waals surface area contributed by atoms with Gasteiger partial charge in [0.25, 0.3) is 0 Å². The topological polar surface area (TPSA) is 121 Å². The molecule has 0 spiro atoms. The number of hydrogen-bond acceptors (Lipinski definition) is 6. The summed E-state index contributed by atoms with van der Waals surface area (Å²) in [6.45, 7) is 0. The first-order valence-corrected chi connectivity index (χ1v) is 11.2. The van der Waals surface area contributed by atoms with Crippen LogP contribution in [0.3, 0.4) is 0 Å². The quantitative estimate of drug-likeness (QED) is 0.677. The van der Waals surface area contributed by atoms with Crippen molar-refractivity contribution in [3.05, 3.63) is 42.1 Å². The average molecular weight is 399 g/mol. The zero-order valence-electron chi connectivity index (χ0n) is 12.9. The second-order valence-electron chi connectivity index (χ2n) is 5.40. The van der Waals surface area contributed by atoms with E-state index in [0.29, 0.717) is 4.83 Å². The highest BCUT2D eigenvalue weighted by molar-refractivity contribution is 7.96. The Morgan fingerprint density at radius 2 is 1.80 bits per heavy atom. The summed E-state index contributed by atoms with van der Waals surface area (Å²) >= 11 is 0.785. The molecule has 0 atom stereocenters. The van der Waals surface area contributed by atoms with Crippen LogP contribution in [-0.2, 0) is 30.9 Å². The summed E-state index contributed by atoms with van der Waals surface area (Å²) in [5.41, 5.74) is 0.225. The molecule has 3 aromatic rings. The standard InChI is InChI=1S/C15H13NO6S3/c1-24(19,20)15-13(25(21,22)10-5-3-2-4-6-10)12-9(7-11(17)18)8-16-14(12)23-15/h2-6,8,16H,7H2,1H3,(H,17,18). The normalized spacial score (nSPS) is 12.5. The SMILES string of the molecule is CS(=O)(=O)c1sc2[nH]cc(CC(=O)O)c2c1S(=O)(=O)c1ccccc1. The summed E-state index contributed by atoms with van der Waals surface area (Å²) < 4.78 is 50.2. The summed E-state index contributed by atoms with van der Waals surface area (Å²) in [5.74, 6) is -1.14. The molecule has 0 radical (unpaired) electrons. The van der Waals surface area contributed by atoms with Crippen molar-refractivity contribution in [3.8, 4) is 0 Å². The fraction of sp³-hybridized carbons (Fsp3) is 0.133. The highest BCUT2D eigenvalue weighted by atomic mass is 32.2. The molecule has 0 bridgehead atoms. The lowest BCUT2D eigenvalue weighted by Gasteiger charge is -2.06. The van der Waals surface area contributed by atoms with E-state index >= 15 is 0 Å². The molecule has 25 heavy (non-hydrogen) atoms. The number of aromatic amines is 1. The van der Waals surface area contributed by atoms with E-state index < -0.39 is 32.1 Å². The third-order valence-corrected chi connectivity index (χ3v) is 8.58. The van der Waals surface area contributed by atoms with Crippen LogP contribution >= 0.6 is 11.3 Å². The number of carboxylic acid groups (broad SMARTS) is 1. The van der Waals surface area contributed by atoms with E-state index in [-0.39, 0.29) is 24.9 Å². The number of hydrogen-bond donors (Lipinski definition) is 2. The number of benzene rings is 1. The Balaban J connectivity index is 2.42. The number of aromatic nitrogens is 1. The summed E-state index contributed by atoms with van der Waals surface area (Å²) in [5, 5.41) is 9.17. The summed E-state index contributed by atoms with van der Waals surface area (Å²) in [4.78, 5) is 13.7. The van der Waals surface area contributed by atoms with Gasteiger partial charge in [-0.2, -0.15) is 0 Å². The molecule has 10 heteroatoms. The molecule has 3 rings (SSSR count). The van der Waals surface area contributed by atoms with E-state index in [4.69, 9.17) is 5.11 Å². The largest absolute Gasteiger partial charge is 0.481 e. The number of aliphatic carboxylic acids is 1. The lowest BCUT2D eigenvalue weighted by Crippen LogP contribution is -2.08. The Morgan fingerprint density at radius 3 is 2.36 bits per heavy atom. The molecule has 0 aliphatic carbocycles. The molecular formula is C15H13NO6S3. The third kappa shape index (κ3) is 3.08. The first kappa shape index (κ1) is 17.6. The van der Waals surface area contributed by atoms with Crippen molar-refractivity contribution in [1.29, 1.82) is 0 Å². The fourth-order valence-electron chi connectivity index (χ4n) is 2.52. The zero-order valence-corrected chi connectivity index (χ0v) is 15.3. The van der Waals surface area contributed by atoms with Crippen LogP contribution in [0, 0.1) is 0 Å². The van der Waals surface area contributed by atoms with Crippen molar-refractivity contribution < 1.29 is 26.7 Å². The van der Waals surface area contributed by atoms with Gasteiger partial charge < -0.3 is 10.1 Å². The van der Waals surface area contributed by atoms with Crippen LogP contribution in [0.1, 0.15) is 5.56 Å². The van der Waals surface area contributed by atoms with Gasteiger partial charge in [0.2, 0.25) is 9.84 Å².